The number of hydrogen-bond acceptors (Lipinski definition) is 4. The second kappa shape index (κ2) is 6.33. The Morgan fingerprint density at radius 1 is 1.29 bits per heavy atom. The van der Waals surface area contributed by atoms with E-state index in [0.717, 1.165) is 23.4 Å². The summed E-state index contributed by atoms with van der Waals surface area (Å²) in [7, 11) is 0. The summed E-state index contributed by atoms with van der Waals surface area (Å²) >= 11 is 9.41. The Kier molecular flexibility index (Phi) is 4.18. The minimum atomic E-state index is -0.197. The summed E-state index contributed by atoms with van der Waals surface area (Å²) in [6.07, 6.45) is 3.41. The normalized spacial score (nSPS) is 24.6. The van der Waals surface area contributed by atoms with E-state index in [0.29, 0.717) is 35.0 Å². The molecular formula is C17H16BrClN4O. The van der Waals surface area contributed by atoms with Crippen LogP contribution in [0.3, 0.4) is 0 Å². The van der Waals surface area contributed by atoms with Crippen molar-refractivity contribution in [1.82, 2.24) is 15.3 Å². The Balaban J connectivity index is 1.29. The molecule has 3 heterocycles. The second-order valence-corrected chi connectivity index (χ2v) is 7.60. The molecule has 1 unspecified atom stereocenters. The zero-order valence-corrected chi connectivity index (χ0v) is 15.2. The number of carbonyl (C=O) groups excluding carboxylic acids is 1. The lowest BCUT2D eigenvalue weighted by molar-refractivity contribution is 0.0946. The lowest BCUT2D eigenvalue weighted by Gasteiger charge is -2.21. The van der Waals surface area contributed by atoms with Crippen LogP contribution in [0.4, 0.5) is 5.82 Å². The van der Waals surface area contributed by atoms with Crippen molar-refractivity contribution in [2.75, 3.05) is 24.5 Å². The third-order valence-electron chi connectivity index (χ3n) is 4.88. The number of hydrogen-bond donors (Lipinski definition) is 1. The quantitative estimate of drug-likeness (QED) is 0.846. The van der Waals surface area contributed by atoms with Crippen molar-refractivity contribution in [2.24, 2.45) is 17.8 Å². The van der Waals surface area contributed by atoms with Crippen LogP contribution in [0.2, 0.25) is 5.02 Å². The minimum absolute atomic E-state index is 0.197. The van der Waals surface area contributed by atoms with Crippen LogP contribution in [0.5, 0.6) is 0 Å². The number of fused-ring (bicyclic) bond motifs is 1. The van der Waals surface area contributed by atoms with Crippen LogP contribution in [-0.4, -0.2) is 35.5 Å². The van der Waals surface area contributed by atoms with Crippen molar-refractivity contribution >= 4 is 39.3 Å². The molecule has 24 heavy (non-hydrogen) atoms. The second-order valence-electron chi connectivity index (χ2n) is 6.28. The van der Waals surface area contributed by atoms with E-state index in [2.05, 4.69) is 36.1 Å². The van der Waals surface area contributed by atoms with Gasteiger partial charge < -0.3 is 10.2 Å². The topological polar surface area (TPSA) is 58.1 Å². The number of nitrogens with zero attached hydrogens (tertiary/aromatic N) is 3. The number of pyridine rings is 2. The van der Waals surface area contributed by atoms with Crippen molar-refractivity contribution in [3.05, 3.63) is 51.8 Å². The summed E-state index contributed by atoms with van der Waals surface area (Å²) in [5, 5.41) is 3.35. The van der Waals surface area contributed by atoms with Crippen LogP contribution < -0.4 is 10.2 Å². The first-order valence-corrected chi connectivity index (χ1v) is 9.06. The average molecular weight is 408 g/mol. The molecule has 124 valence electrons. The summed E-state index contributed by atoms with van der Waals surface area (Å²) in [5.41, 5.74) is 0.297. The highest BCUT2D eigenvalue weighted by atomic mass is 79.9. The van der Waals surface area contributed by atoms with Crippen LogP contribution in [0.15, 0.2) is 41.1 Å². The molecule has 5 nitrogen and oxygen atoms in total. The van der Waals surface area contributed by atoms with Gasteiger partial charge in [0.05, 0.1) is 5.02 Å². The summed E-state index contributed by atoms with van der Waals surface area (Å²) in [6.45, 7) is 2.69. The van der Waals surface area contributed by atoms with Crippen molar-refractivity contribution in [1.29, 1.82) is 0 Å². The fourth-order valence-electron chi connectivity index (χ4n) is 3.54. The van der Waals surface area contributed by atoms with Gasteiger partial charge in [0.25, 0.3) is 5.91 Å². The Labute approximate surface area is 153 Å². The van der Waals surface area contributed by atoms with Crippen molar-refractivity contribution in [3.63, 3.8) is 0 Å². The molecular weight excluding hydrogens is 392 g/mol. The predicted molar refractivity (Wildman–Crippen MR) is 96.2 cm³/mol. The number of aromatic nitrogens is 2. The van der Waals surface area contributed by atoms with E-state index in [1.807, 2.05) is 18.3 Å². The van der Waals surface area contributed by atoms with Crippen molar-refractivity contribution < 1.29 is 4.79 Å². The standard InChI is InChI=1S/C17H16BrClN4O/c18-10-3-4-15(21-6-10)23-8-12-11(13(12)9-23)7-22-17(24)16-14(19)2-1-5-20-16/h1-6,11-13H,7-9H2,(H,22,24)/t11?,12-,13+. The maximum absolute atomic E-state index is 12.2. The highest BCUT2D eigenvalue weighted by Gasteiger charge is 2.55. The Hall–Kier alpha value is -1.66. The van der Waals surface area contributed by atoms with Gasteiger partial charge in [0.15, 0.2) is 0 Å². The van der Waals surface area contributed by atoms with Crippen LogP contribution in [0.25, 0.3) is 0 Å². The van der Waals surface area contributed by atoms with Gasteiger partial charge in [0.2, 0.25) is 0 Å². The maximum Gasteiger partial charge on any atom is 0.271 e. The monoisotopic (exact) mass is 406 g/mol. The van der Waals surface area contributed by atoms with Gasteiger partial charge >= 0.3 is 0 Å². The van der Waals surface area contributed by atoms with Crippen LogP contribution >= 0.6 is 27.5 Å². The highest BCUT2D eigenvalue weighted by molar-refractivity contribution is 9.10. The molecule has 1 N–H and O–H groups in total. The van der Waals surface area contributed by atoms with E-state index in [9.17, 15) is 4.79 Å². The lowest BCUT2D eigenvalue weighted by atomic mass is 10.2. The molecule has 1 saturated carbocycles. The van der Waals surface area contributed by atoms with Gasteiger partial charge in [-0.2, -0.15) is 0 Å². The molecule has 0 bridgehead atoms. The van der Waals surface area contributed by atoms with Crippen molar-refractivity contribution in [2.45, 2.75) is 0 Å². The van der Waals surface area contributed by atoms with Gasteiger partial charge in [0, 0.05) is 36.5 Å². The molecule has 4 rings (SSSR count). The van der Waals surface area contributed by atoms with Gasteiger partial charge in [-0.3, -0.25) is 4.79 Å². The third-order valence-corrected chi connectivity index (χ3v) is 5.65. The lowest BCUT2D eigenvalue weighted by Crippen LogP contribution is -2.31. The first-order chi connectivity index (χ1) is 11.6. The molecule has 3 atom stereocenters. The molecule has 2 aromatic rings. The Morgan fingerprint density at radius 3 is 2.75 bits per heavy atom. The summed E-state index contributed by atoms with van der Waals surface area (Å²) < 4.78 is 0.990. The zero-order chi connectivity index (χ0) is 16.7. The number of piperidine rings is 1. The van der Waals surface area contributed by atoms with Crippen LogP contribution in [0, 0.1) is 17.8 Å². The number of nitrogens with one attached hydrogen (secondary N) is 1. The van der Waals surface area contributed by atoms with Gasteiger partial charge in [-0.15, -0.1) is 0 Å². The molecule has 1 saturated heterocycles. The molecule has 1 amide bonds. The molecule has 0 aromatic carbocycles. The molecule has 7 heteroatoms. The Bertz CT molecular complexity index is 757. The average Bonchev–Trinajstić information content (AvgIpc) is 3.03. The van der Waals surface area contributed by atoms with Gasteiger partial charge in [-0.05, 0) is 57.9 Å². The largest absolute Gasteiger partial charge is 0.356 e. The minimum Gasteiger partial charge on any atom is -0.356 e. The first-order valence-electron chi connectivity index (χ1n) is 7.88. The smallest absolute Gasteiger partial charge is 0.271 e. The summed E-state index contributed by atoms with van der Waals surface area (Å²) in [5.74, 6) is 2.64. The Morgan fingerprint density at radius 2 is 2.08 bits per heavy atom. The van der Waals surface area contributed by atoms with E-state index < -0.39 is 0 Å². The number of amides is 1. The molecule has 1 aliphatic heterocycles. The molecule has 2 aliphatic rings. The van der Waals surface area contributed by atoms with Crippen LogP contribution in [0.1, 0.15) is 10.5 Å². The highest BCUT2D eigenvalue weighted by Crippen LogP contribution is 2.51. The number of rotatable bonds is 4. The molecule has 1 aliphatic carbocycles. The SMILES string of the molecule is O=C(NCC1[C@H]2CN(c3ccc(Br)cn3)C[C@@H]12)c1ncccc1Cl. The van der Waals surface area contributed by atoms with E-state index in [1.165, 1.54) is 0 Å². The molecule has 0 spiro atoms. The molecule has 2 fully saturated rings. The molecule has 2 aromatic heterocycles. The number of anilines is 1. The van der Waals surface area contributed by atoms with E-state index in [-0.39, 0.29) is 5.91 Å². The van der Waals surface area contributed by atoms with E-state index in [1.54, 1.807) is 18.3 Å². The number of carbonyl (C=O) groups is 1. The third kappa shape index (κ3) is 3.00. The first kappa shape index (κ1) is 15.8. The summed E-state index contributed by atoms with van der Waals surface area (Å²) in [4.78, 5) is 23.0. The molecule has 0 radical (unpaired) electrons. The summed E-state index contributed by atoms with van der Waals surface area (Å²) in [6, 6.07) is 7.45. The van der Waals surface area contributed by atoms with Crippen LogP contribution in [-0.2, 0) is 0 Å². The van der Waals surface area contributed by atoms with E-state index in [4.69, 9.17) is 11.6 Å². The fraction of sp³-hybridized carbons (Fsp3) is 0.353. The van der Waals surface area contributed by atoms with Gasteiger partial charge in [0.1, 0.15) is 11.5 Å². The fourth-order valence-corrected chi connectivity index (χ4v) is 3.98. The zero-order valence-electron chi connectivity index (χ0n) is 12.8. The predicted octanol–water partition coefficient (Wildman–Crippen LogP) is 3.00. The van der Waals surface area contributed by atoms with Gasteiger partial charge in [-0.1, -0.05) is 11.6 Å². The van der Waals surface area contributed by atoms with E-state index >= 15 is 0 Å². The van der Waals surface area contributed by atoms with Crippen molar-refractivity contribution in [3.8, 4) is 0 Å². The van der Waals surface area contributed by atoms with Gasteiger partial charge in [-0.25, -0.2) is 9.97 Å². The maximum atomic E-state index is 12.2. The number of halogens is 2.